The molecule has 61 heavy (non-hydrogen) atoms. The van der Waals surface area contributed by atoms with Crippen LogP contribution in [0.1, 0.15) is 52.7 Å². The maximum atomic E-state index is 2.52. The molecular weight excluding hydrogens is 735 g/mol. The zero-order chi connectivity index (χ0) is 41.1. The summed E-state index contributed by atoms with van der Waals surface area (Å²) in [4.78, 5) is 0. The number of fused-ring (bicyclic) bond motifs is 12. The average Bonchev–Trinajstić information content (AvgIpc) is 3.78. The predicted octanol–water partition coefficient (Wildman–Crippen LogP) is 13.3. The van der Waals surface area contributed by atoms with Gasteiger partial charge in [-0.2, -0.15) is 0 Å². The quantitative estimate of drug-likeness (QED) is 0.155. The van der Waals surface area contributed by atoms with Crippen LogP contribution in [-0.4, -0.2) is 15.8 Å². The van der Waals surface area contributed by atoms with Gasteiger partial charge in [-0.05, 0) is 114 Å². The number of hydrogen-bond donors (Lipinski definition) is 0. The van der Waals surface area contributed by atoms with Crippen molar-refractivity contribution in [2.75, 3.05) is 0 Å². The van der Waals surface area contributed by atoms with E-state index in [-0.39, 0.29) is 17.5 Å². The van der Waals surface area contributed by atoms with Crippen molar-refractivity contribution < 1.29 is 0 Å². The first kappa shape index (κ1) is 35.0. The minimum atomic E-state index is 0.0854. The second-order valence-corrected chi connectivity index (χ2v) is 19.7. The molecule has 0 amide bonds. The Kier molecular flexibility index (Phi) is 6.83. The van der Waals surface area contributed by atoms with Gasteiger partial charge in [-0.3, -0.25) is 0 Å². The molecule has 0 unspecified atom stereocenters. The summed E-state index contributed by atoms with van der Waals surface area (Å²) in [5, 5.41) is 10.7. The van der Waals surface area contributed by atoms with E-state index in [1.54, 1.807) is 0 Å². The molecule has 2 aromatic heterocycles. The molecule has 4 heterocycles. The molecule has 2 aliphatic heterocycles. The fraction of sp³-hybridized carbons (Fsp3) is 0.138. The zero-order valence-electron chi connectivity index (χ0n) is 35.6. The normalized spacial score (nSPS) is 13.4. The van der Waals surface area contributed by atoms with Crippen molar-refractivity contribution in [3.63, 3.8) is 0 Å². The molecule has 3 heteroatoms. The number of hydrogen-bond acceptors (Lipinski definition) is 0. The highest BCUT2D eigenvalue weighted by atomic mass is 15.0. The van der Waals surface area contributed by atoms with E-state index in [1.807, 2.05) is 0 Å². The van der Waals surface area contributed by atoms with Crippen molar-refractivity contribution in [1.82, 2.24) is 9.13 Å². The van der Waals surface area contributed by atoms with E-state index in [4.69, 9.17) is 0 Å². The number of benzene rings is 9. The van der Waals surface area contributed by atoms with E-state index in [9.17, 15) is 0 Å². The topological polar surface area (TPSA) is 9.86 Å². The lowest BCUT2D eigenvalue weighted by atomic mass is 9.31. The van der Waals surface area contributed by atoms with Gasteiger partial charge in [-0.15, -0.1) is 0 Å². The minimum Gasteiger partial charge on any atom is -0.309 e. The van der Waals surface area contributed by atoms with Gasteiger partial charge in [-0.25, -0.2) is 0 Å². The van der Waals surface area contributed by atoms with Gasteiger partial charge < -0.3 is 9.13 Å². The smallest absolute Gasteiger partial charge is 0.244 e. The molecule has 13 rings (SSSR count). The summed E-state index contributed by atoms with van der Waals surface area (Å²) in [6.07, 6.45) is 0. The van der Waals surface area contributed by atoms with Crippen LogP contribution in [0.3, 0.4) is 0 Å². The summed E-state index contributed by atoms with van der Waals surface area (Å²) in [5.41, 5.74) is 19.8. The van der Waals surface area contributed by atoms with Crippen molar-refractivity contribution in [3.8, 4) is 33.6 Å². The predicted molar refractivity (Wildman–Crippen MR) is 263 cm³/mol. The number of rotatable bonds is 2. The molecule has 0 N–H and O–H groups in total. The molecule has 2 aliphatic rings. The van der Waals surface area contributed by atoms with Crippen molar-refractivity contribution in [2.24, 2.45) is 0 Å². The highest BCUT2D eigenvalue weighted by Crippen LogP contribution is 2.47. The molecule has 0 spiro atoms. The van der Waals surface area contributed by atoms with Gasteiger partial charge in [-0.1, -0.05) is 173 Å². The Morgan fingerprint density at radius 1 is 0.344 bits per heavy atom. The first-order valence-electron chi connectivity index (χ1n) is 21.9. The third kappa shape index (κ3) is 4.64. The third-order valence-electron chi connectivity index (χ3n) is 14.2. The first-order valence-corrected chi connectivity index (χ1v) is 21.9. The van der Waals surface area contributed by atoms with Crippen molar-refractivity contribution in [2.45, 2.75) is 52.4 Å². The van der Waals surface area contributed by atoms with Gasteiger partial charge in [0.15, 0.2) is 0 Å². The Morgan fingerprint density at radius 2 is 0.738 bits per heavy atom. The Balaban J connectivity index is 1.12. The summed E-state index contributed by atoms with van der Waals surface area (Å²) in [7, 11) is 0. The van der Waals surface area contributed by atoms with Crippen molar-refractivity contribution in [1.29, 1.82) is 0 Å². The van der Waals surface area contributed by atoms with Crippen LogP contribution in [0, 0.1) is 0 Å². The maximum Gasteiger partial charge on any atom is 0.244 e. The van der Waals surface area contributed by atoms with E-state index in [2.05, 4.69) is 214 Å². The van der Waals surface area contributed by atoms with Crippen molar-refractivity contribution >= 4 is 88.3 Å². The lowest BCUT2D eigenvalue weighted by molar-refractivity contribution is 0.590. The molecule has 2 nitrogen and oxygen atoms in total. The maximum absolute atomic E-state index is 2.52. The standard InChI is InChI=1S/C58H45BN2/c1-57(2,3)34-24-28-36(29-25-34)60-48-22-9-7-14-40(48)54-42-18-12-20-46-52(42)44(32-50(54)60)38-16-11-17-39-45-33-51-55(43-19-13-21-47(53(43)45)59(46)56(38)39)41-15-8-10-23-49(41)61(51)37-30-26-35(27-31-37)58(4,5)6/h7-33H,1-6H3. The Bertz CT molecular complexity index is 3450. The average molecular weight is 781 g/mol. The SMILES string of the molecule is CC(C)(C)c1ccc(-n2c3ccccc3c3c4cccc5c4c(cc32)-c2cccc3c2B5c2cccc4c2c-3cc2c4c3ccccc3n2-c2ccc(C(C)(C)C)cc2)cc1. The molecule has 0 aliphatic carbocycles. The van der Waals surface area contributed by atoms with E-state index >= 15 is 0 Å². The molecule has 9 aromatic carbocycles. The van der Waals surface area contributed by atoms with Crippen LogP contribution in [0.4, 0.5) is 0 Å². The Morgan fingerprint density at radius 3 is 1.16 bits per heavy atom. The molecule has 0 bridgehead atoms. The summed E-state index contributed by atoms with van der Waals surface area (Å²) in [6, 6.07) is 62.8. The van der Waals surface area contributed by atoms with Crippen LogP contribution in [-0.2, 0) is 10.8 Å². The second-order valence-electron chi connectivity index (χ2n) is 19.7. The lowest BCUT2D eigenvalue weighted by Crippen LogP contribution is -2.57. The number of aromatic nitrogens is 2. The van der Waals surface area contributed by atoms with Crippen LogP contribution in [0.5, 0.6) is 0 Å². The first-order chi connectivity index (χ1) is 29.6. The largest absolute Gasteiger partial charge is 0.309 e. The van der Waals surface area contributed by atoms with Gasteiger partial charge in [0.05, 0.1) is 22.1 Å². The lowest BCUT2D eigenvalue weighted by Gasteiger charge is -2.34. The fourth-order valence-corrected chi connectivity index (χ4v) is 11.4. The summed E-state index contributed by atoms with van der Waals surface area (Å²) in [5.74, 6) is 0. The van der Waals surface area contributed by atoms with Gasteiger partial charge in [0.25, 0.3) is 0 Å². The highest BCUT2D eigenvalue weighted by molar-refractivity contribution is 7.01. The van der Waals surface area contributed by atoms with Gasteiger partial charge in [0.1, 0.15) is 0 Å². The van der Waals surface area contributed by atoms with Crippen LogP contribution < -0.4 is 16.4 Å². The molecule has 0 fully saturated rings. The molecule has 0 saturated heterocycles. The minimum absolute atomic E-state index is 0.0854. The second kappa shape index (κ2) is 11.9. The van der Waals surface area contributed by atoms with E-state index in [1.165, 1.54) is 126 Å². The van der Waals surface area contributed by atoms with Gasteiger partial charge in [0, 0.05) is 32.9 Å². The molecular formula is C58H45BN2. The van der Waals surface area contributed by atoms with E-state index in [0.717, 1.165) is 0 Å². The van der Waals surface area contributed by atoms with E-state index < -0.39 is 0 Å². The molecule has 290 valence electrons. The summed E-state index contributed by atoms with van der Waals surface area (Å²) in [6.45, 7) is 13.9. The van der Waals surface area contributed by atoms with Crippen LogP contribution in [0.2, 0.25) is 0 Å². The van der Waals surface area contributed by atoms with Gasteiger partial charge >= 0.3 is 0 Å². The van der Waals surface area contributed by atoms with Gasteiger partial charge in [0.2, 0.25) is 6.71 Å². The van der Waals surface area contributed by atoms with E-state index in [0.29, 0.717) is 0 Å². The summed E-state index contributed by atoms with van der Waals surface area (Å²) >= 11 is 0. The fourth-order valence-electron chi connectivity index (χ4n) is 11.4. The van der Waals surface area contributed by atoms with Crippen LogP contribution in [0.25, 0.3) is 98.8 Å². The molecule has 0 atom stereocenters. The Hall–Kier alpha value is -6.84. The highest BCUT2D eigenvalue weighted by Gasteiger charge is 2.39. The summed E-state index contributed by atoms with van der Waals surface area (Å²) < 4.78 is 5.00. The zero-order valence-corrected chi connectivity index (χ0v) is 35.6. The molecule has 0 saturated carbocycles. The van der Waals surface area contributed by atoms with Crippen LogP contribution in [0.15, 0.2) is 164 Å². The number of para-hydroxylation sites is 2. The van der Waals surface area contributed by atoms with Crippen LogP contribution >= 0.6 is 0 Å². The molecule has 11 aromatic rings. The monoisotopic (exact) mass is 780 g/mol. The van der Waals surface area contributed by atoms with Crippen molar-refractivity contribution in [3.05, 3.63) is 175 Å². The Labute approximate surface area is 356 Å². The third-order valence-corrected chi connectivity index (χ3v) is 14.2. The number of nitrogens with zero attached hydrogens (tertiary/aromatic N) is 2. The molecule has 0 radical (unpaired) electrons.